The molecule has 0 aromatic heterocycles. The van der Waals surface area contributed by atoms with Crippen molar-refractivity contribution in [3.63, 3.8) is 0 Å². The number of anilines is 1. The lowest BCUT2D eigenvalue weighted by Crippen LogP contribution is -2.31. The maximum absolute atomic E-state index is 10.6. The monoisotopic (exact) mass is 342 g/mol. The minimum atomic E-state index is 0.0730. The summed E-state index contributed by atoms with van der Waals surface area (Å²) in [5, 5.41) is 15.8. The second-order valence-corrected chi connectivity index (χ2v) is 6.30. The first-order chi connectivity index (χ1) is 12.0. The molecule has 0 spiro atoms. The van der Waals surface area contributed by atoms with Gasteiger partial charge in [0, 0.05) is 12.6 Å². The van der Waals surface area contributed by atoms with Crippen LogP contribution in [0, 0.1) is 0 Å². The number of ether oxygens (including phenoxy) is 1. The lowest BCUT2D eigenvalue weighted by atomic mass is 9.99. The fourth-order valence-electron chi connectivity index (χ4n) is 2.72. The third-order valence-corrected chi connectivity index (χ3v) is 4.28. The van der Waals surface area contributed by atoms with E-state index in [2.05, 4.69) is 36.6 Å². The van der Waals surface area contributed by atoms with E-state index >= 15 is 0 Å². The summed E-state index contributed by atoms with van der Waals surface area (Å²) in [5.74, 6) is 1.19. The first-order valence-electron chi connectivity index (χ1n) is 8.43. The van der Waals surface area contributed by atoms with Crippen molar-refractivity contribution in [2.45, 2.75) is 32.2 Å². The van der Waals surface area contributed by atoms with E-state index in [1.165, 1.54) is 5.56 Å². The summed E-state index contributed by atoms with van der Waals surface area (Å²) in [4.78, 5) is 10.6. The Morgan fingerprint density at radius 1 is 1.16 bits per heavy atom. The van der Waals surface area contributed by atoms with Gasteiger partial charge in [-0.3, -0.25) is 4.79 Å². The zero-order valence-electron chi connectivity index (χ0n) is 15.0. The molecule has 2 aromatic carbocycles. The summed E-state index contributed by atoms with van der Waals surface area (Å²) >= 11 is 0. The Kier molecular flexibility index (Phi) is 6.83. The zero-order chi connectivity index (χ0) is 18.2. The lowest BCUT2D eigenvalue weighted by molar-refractivity contribution is -0.105. The minimum absolute atomic E-state index is 0.0730. The van der Waals surface area contributed by atoms with Gasteiger partial charge in [0.1, 0.15) is 11.5 Å². The van der Waals surface area contributed by atoms with Crippen molar-refractivity contribution in [1.82, 2.24) is 5.32 Å². The second-order valence-electron chi connectivity index (χ2n) is 6.30. The van der Waals surface area contributed by atoms with Gasteiger partial charge in [0.05, 0.1) is 12.8 Å². The second kappa shape index (κ2) is 9.08. The summed E-state index contributed by atoms with van der Waals surface area (Å²) in [5.41, 5.74) is 2.76. The highest BCUT2D eigenvalue weighted by Crippen LogP contribution is 2.27. The topological polar surface area (TPSA) is 70.6 Å². The van der Waals surface area contributed by atoms with Crippen LogP contribution in [-0.4, -0.2) is 31.2 Å². The number of phenolic OH excluding ortho intramolecular Hbond substituents is 1. The van der Waals surface area contributed by atoms with Crippen LogP contribution in [-0.2, 0) is 11.2 Å². The molecule has 2 aromatic rings. The number of hydrogen-bond acceptors (Lipinski definition) is 4. The number of methoxy groups -OCH3 is 1. The van der Waals surface area contributed by atoms with Crippen LogP contribution in [0.1, 0.15) is 30.9 Å². The molecule has 0 radical (unpaired) electrons. The fraction of sp³-hybridized carbons (Fsp3) is 0.350. The van der Waals surface area contributed by atoms with Crippen LogP contribution in [0.3, 0.4) is 0 Å². The predicted octanol–water partition coefficient (Wildman–Crippen LogP) is 3.29. The van der Waals surface area contributed by atoms with E-state index in [9.17, 15) is 9.90 Å². The van der Waals surface area contributed by atoms with E-state index in [0.717, 1.165) is 24.3 Å². The van der Waals surface area contributed by atoms with E-state index in [1.807, 2.05) is 24.3 Å². The first-order valence-corrected chi connectivity index (χ1v) is 8.43. The average molecular weight is 342 g/mol. The molecular formula is C20H26N2O3. The van der Waals surface area contributed by atoms with Gasteiger partial charge in [-0.1, -0.05) is 25.1 Å². The molecule has 0 heterocycles. The van der Waals surface area contributed by atoms with Crippen LogP contribution in [0.2, 0.25) is 0 Å². The number of carbonyl (C=O) groups is 1. The highest BCUT2D eigenvalue weighted by atomic mass is 16.5. The van der Waals surface area contributed by atoms with Gasteiger partial charge in [-0.05, 0) is 54.7 Å². The van der Waals surface area contributed by atoms with Crippen LogP contribution >= 0.6 is 0 Å². The predicted molar refractivity (Wildman–Crippen MR) is 100 cm³/mol. The van der Waals surface area contributed by atoms with Crippen LogP contribution in [0.25, 0.3) is 0 Å². The Hall–Kier alpha value is -2.53. The normalized spacial score (nSPS) is 13.1. The van der Waals surface area contributed by atoms with Gasteiger partial charge < -0.3 is 20.5 Å². The summed E-state index contributed by atoms with van der Waals surface area (Å²) in [7, 11) is 1.67. The van der Waals surface area contributed by atoms with Crippen molar-refractivity contribution in [2.75, 3.05) is 19.0 Å². The summed E-state index contributed by atoms with van der Waals surface area (Å²) in [6.45, 7) is 5.08. The SMILES string of the molecule is COc1ccc(C[C@@H](C)NC[C@H](C)c2ccc(O)c(NC=O)c2)cc1. The summed E-state index contributed by atoms with van der Waals surface area (Å²) in [6.07, 6.45) is 1.50. The van der Waals surface area contributed by atoms with E-state index in [4.69, 9.17) is 4.74 Å². The molecule has 0 aliphatic carbocycles. The Bertz CT molecular complexity index is 686. The standard InChI is InChI=1S/C20H26N2O3/c1-14(17-6-9-20(24)19(11-17)22-13-23)12-21-15(2)10-16-4-7-18(25-3)8-5-16/h4-9,11,13-15,21,24H,10,12H2,1-3H3,(H,22,23)/t14-,15+/m0/s1. The fourth-order valence-corrected chi connectivity index (χ4v) is 2.72. The quantitative estimate of drug-likeness (QED) is 0.483. The molecule has 0 saturated carbocycles. The van der Waals surface area contributed by atoms with Gasteiger partial charge in [0.2, 0.25) is 6.41 Å². The number of rotatable bonds is 9. The lowest BCUT2D eigenvalue weighted by Gasteiger charge is -2.19. The maximum atomic E-state index is 10.6. The van der Waals surface area contributed by atoms with Crippen molar-refractivity contribution < 1.29 is 14.6 Å². The van der Waals surface area contributed by atoms with E-state index < -0.39 is 0 Å². The molecule has 25 heavy (non-hydrogen) atoms. The van der Waals surface area contributed by atoms with Crippen LogP contribution in [0.4, 0.5) is 5.69 Å². The Labute approximate surface area is 149 Å². The summed E-state index contributed by atoms with van der Waals surface area (Å²) < 4.78 is 5.18. The van der Waals surface area contributed by atoms with Crippen LogP contribution in [0.5, 0.6) is 11.5 Å². The molecule has 0 fully saturated rings. The molecule has 0 unspecified atom stereocenters. The smallest absolute Gasteiger partial charge is 0.211 e. The van der Waals surface area contributed by atoms with E-state index in [1.54, 1.807) is 13.2 Å². The van der Waals surface area contributed by atoms with Crippen molar-refractivity contribution in [3.8, 4) is 11.5 Å². The van der Waals surface area contributed by atoms with Crippen molar-refractivity contribution in [1.29, 1.82) is 0 Å². The number of hydrogen-bond donors (Lipinski definition) is 3. The zero-order valence-corrected chi connectivity index (χ0v) is 15.0. The summed E-state index contributed by atoms with van der Waals surface area (Å²) in [6, 6.07) is 13.7. The number of phenols is 1. The van der Waals surface area contributed by atoms with E-state index in [0.29, 0.717) is 18.1 Å². The molecule has 0 aliphatic rings. The van der Waals surface area contributed by atoms with Gasteiger partial charge in [0.25, 0.3) is 0 Å². The van der Waals surface area contributed by atoms with E-state index in [-0.39, 0.29) is 11.7 Å². The van der Waals surface area contributed by atoms with Gasteiger partial charge in [-0.15, -0.1) is 0 Å². The molecule has 0 aliphatic heterocycles. The van der Waals surface area contributed by atoms with Crippen molar-refractivity contribution >= 4 is 12.1 Å². The van der Waals surface area contributed by atoms with Crippen molar-refractivity contribution in [3.05, 3.63) is 53.6 Å². The average Bonchev–Trinajstić information content (AvgIpc) is 2.62. The largest absolute Gasteiger partial charge is 0.506 e. The van der Waals surface area contributed by atoms with Gasteiger partial charge in [-0.2, -0.15) is 0 Å². The molecule has 1 amide bonds. The highest BCUT2D eigenvalue weighted by Gasteiger charge is 2.11. The molecule has 2 rings (SSSR count). The molecule has 5 heteroatoms. The molecule has 0 bridgehead atoms. The number of nitrogens with one attached hydrogen (secondary N) is 2. The molecule has 2 atom stereocenters. The molecule has 0 saturated heterocycles. The number of amides is 1. The van der Waals surface area contributed by atoms with Gasteiger partial charge in [0.15, 0.2) is 0 Å². The molecule has 134 valence electrons. The molecule has 5 nitrogen and oxygen atoms in total. The van der Waals surface area contributed by atoms with Crippen LogP contribution < -0.4 is 15.4 Å². The number of carbonyl (C=O) groups excluding carboxylic acids is 1. The minimum Gasteiger partial charge on any atom is -0.506 e. The third-order valence-electron chi connectivity index (χ3n) is 4.28. The van der Waals surface area contributed by atoms with Crippen LogP contribution in [0.15, 0.2) is 42.5 Å². The van der Waals surface area contributed by atoms with Crippen molar-refractivity contribution in [2.24, 2.45) is 0 Å². The Morgan fingerprint density at radius 3 is 2.52 bits per heavy atom. The number of aromatic hydroxyl groups is 1. The Morgan fingerprint density at radius 2 is 1.88 bits per heavy atom. The van der Waals surface area contributed by atoms with Gasteiger partial charge >= 0.3 is 0 Å². The Balaban J connectivity index is 1.88. The molecule has 3 N–H and O–H groups in total. The molecular weight excluding hydrogens is 316 g/mol. The highest BCUT2D eigenvalue weighted by molar-refractivity contribution is 5.75. The maximum Gasteiger partial charge on any atom is 0.211 e. The van der Waals surface area contributed by atoms with Gasteiger partial charge in [-0.25, -0.2) is 0 Å². The first kappa shape index (κ1) is 18.8. The third kappa shape index (κ3) is 5.50. The number of benzene rings is 2.